The van der Waals surface area contributed by atoms with Gasteiger partial charge in [-0.15, -0.1) is 0 Å². The van der Waals surface area contributed by atoms with Gasteiger partial charge in [-0.1, -0.05) is 50.6 Å². The number of carbonyl (C=O) groups excluding carboxylic acids is 1. The number of amides is 1. The van der Waals surface area contributed by atoms with Gasteiger partial charge in [-0.3, -0.25) is 9.69 Å². The van der Waals surface area contributed by atoms with E-state index in [-0.39, 0.29) is 5.91 Å². The van der Waals surface area contributed by atoms with Crippen LogP contribution in [0.2, 0.25) is 0 Å². The molecule has 0 aliphatic rings. The lowest BCUT2D eigenvalue weighted by Gasteiger charge is -2.22. The van der Waals surface area contributed by atoms with Crippen LogP contribution in [0.1, 0.15) is 38.7 Å². The quantitative estimate of drug-likeness (QED) is 0.691. The zero-order chi connectivity index (χ0) is 14.8. The van der Waals surface area contributed by atoms with Crippen molar-refractivity contribution in [3.63, 3.8) is 0 Å². The molecule has 0 bridgehead atoms. The topological polar surface area (TPSA) is 23.6 Å². The van der Waals surface area contributed by atoms with E-state index in [9.17, 15) is 4.79 Å². The third-order valence-corrected chi connectivity index (χ3v) is 3.61. The van der Waals surface area contributed by atoms with Gasteiger partial charge in [-0.25, -0.2) is 0 Å². The Morgan fingerprint density at radius 2 is 1.80 bits per heavy atom. The van der Waals surface area contributed by atoms with Gasteiger partial charge in [0.25, 0.3) is 0 Å². The summed E-state index contributed by atoms with van der Waals surface area (Å²) in [5.41, 5.74) is 1.31. The van der Waals surface area contributed by atoms with Crippen LogP contribution in [0, 0.1) is 0 Å². The van der Waals surface area contributed by atoms with E-state index in [1.54, 1.807) is 0 Å². The Kier molecular flexibility index (Phi) is 7.97. The lowest BCUT2D eigenvalue weighted by Crippen LogP contribution is -2.32. The Bertz CT molecular complexity index is 378. The number of hydrogen-bond acceptors (Lipinski definition) is 2. The lowest BCUT2D eigenvalue weighted by atomic mass is 10.2. The Morgan fingerprint density at radius 3 is 2.40 bits per heavy atom. The van der Waals surface area contributed by atoms with Crippen LogP contribution >= 0.6 is 0 Å². The number of nitrogens with zero attached hydrogens (tertiary/aromatic N) is 2. The SMILES string of the molecule is CCCCN(C)C(=O)CCN(CC)Cc1ccccc1. The van der Waals surface area contributed by atoms with Gasteiger partial charge in [0.15, 0.2) is 0 Å². The van der Waals surface area contributed by atoms with Crippen molar-refractivity contribution in [1.29, 1.82) is 0 Å². The van der Waals surface area contributed by atoms with Gasteiger partial charge < -0.3 is 4.90 Å². The summed E-state index contributed by atoms with van der Waals surface area (Å²) in [6.07, 6.45) is 2.83. The molecule has 20 heavy (non-hydrogen) atoms. The molecule has 0 fully saturated rings. The molecule has 0 unspecified atom stereocenters. The molecular formula is C17H28N2O. The Hall–Kier alpha value is -1.35. The number of hydrogen-bond donors (Lipinski definition) is 0. The van der Waals surface area contributed by atoms with Gasteiger partial charge in [0.1, 0.15) is 0 Å². The van der Waals surface area contributed by atoms with Crippen LogP contribution < -0.4 is 0 Å². The molecule has 0 radical (unpaired) electrons. The lowest BCUT2D eigenvalue weighted by molar-refractivity contribution is -0.130. The average molecular weight is 276 g/mol. The minimum absolute atomic E-state index is 0.255. The highest BCUT2D eigenvalue weighted by atomic mass is 16.2. The maximum atomic E-state index is 12.0. The molecule has 0 N–H and O–H groups in total. The van der Waals surface area contributed by atoms with Gasteiger partial charge in [-0.05, 0) is 18.5 Å². The maximum Gasteiger partial charge on any atom is 0.223 e. The zero-order valence-corrected chi connectivity index (χ0v) is 13.1. The summed E-state index contributed by atoms with van der Waals surface area (Å²) in [4.78, 5) is 16.2. The molecule has 1 amide bonds. The number of rotatable bonds is 9. The molecule has 0 spiro atoms. The zero-order valence-electron chi connectivity index (χ0n) is 13.1. The minimum atomic E-state index is 0.255. The van der Waals surface area contributed by atoms with Crippen LogP contribution in [-0.2, 0) is 11.3 Å². The highest BCUT2D eigenvalue weighted by Gasteiger charge is 2.10. The first-order valence-corrected chi connectivity index (χ1v) is 7.67. The number of benzene rings is 1. The largest absolute Gasteiger partial charge is 0.346 e. The molecule has 3 heteroatoms. The summed E-state index contributed by atoms with van der Waals surface area (Å²) in [5, 5.41) is 0. The van der Waals surface area contributed by atoms with Gasteiger partial charge in [0.2, 0.25) is 5.91 Å². The molecule has 112 valence electrons. The first-order valence-electron chi connectivity index (χ1n) is 7.67. The molecule has 0 saturated heterocycles. The first-order chi connectivity index (χ1) is 9.67. The smallest absolute Gasteiger partial charge is 0.223 e. The van der Waals surface area contributed by atoms with Crippen molar-refractivity contribution in [2.24, 2.45) is 0 Å². The third-order valence-electron chi connectivity index (χ3n) is 3.61. The van der Waals surface area contributed by atoms with E-state index in [1.807, 2.05) is 18.0 Å². The molecule has 0 aromatic heterocycles. The first kappa shape index (κ1) is 16.7. The fourth-order valence-corrected chi connectivity index (χ4v) is 2.16. The maximum absolute atomic E-state index is 12.0. The highest BCUT2D eigenvalue weighted by Crippen LogP contribution is 2.05. The second kappa shape index (κ2) is 9.54. The number of carbonyl (C=O) groups is 1. The van der Waals surface area contributed by atoms with Crippen LogP contribution in [0.3, 0.4) is 0 Å². The van der Waals surface area contributed by atoms with Crippen LogP contribution in [0.4, 0.5) is 0 Å². The summed E-state index contributed by atoms with van der Waals surface area (Å²) in [5.74, 6) is 0.255. The molecule has 0 heterocycles. The second-order valence-corrected chi connectivity index (χ2v) is 5.27. The van der Waals surface area contributed by atoms with Crippen molar-refractivity contribution in [2.75, 3.05) is 26.7 Å². The molecule has 0 aliphatic carbocycles. The van der Waals surface area contributed by atoms with E-state index in [1.165, 1.54) is 5.56 Å². The normalized spacial score (nSPS) is 10.8. The summed E-state index contributed by atoms with van der Waals surface area (Å²) < 4.78 is 0. The van der Waals surface area contributed by atoms with E-state index < -0.39 is 0 Å². The van der Waals surface area contributed by atoms with Crippen LogP contribution in [0.25, 0.3) is 0 Å². The molecule has 0 atom stereocenters. The van der Waals surface area contributed by atoms with Gasteiger partial charge >= 0.3 is 0 Å². The molecule has 1 aromatic carbocycles. The van der Waals surface area contributed by atoms with Crippen molar-refractivity contribution < 1.29 is 4.79 Å². The van der Waals surface area contributed by atoms with Crippen LogP contribution in [0.15, 0.2) is 30.3 Å². The predicted octanol–water partition coefficient (Wildman–Crippen LogP) is 3.16. The molecule has 0 aliphatic heterocycles. The summed E-state index contributed by atoms with van der Waals surface area (Å²) in [6, 6.07) is 10.4. The fraction of sp³-hybridized carbons (Fsp3) is 0.588. The van der Waals surface area contributed by atoms with E-state index >= 15 is 0 Å². The Labute approximate surface area is 123 Å². The Morgan fingerprint density at radius 1 is 1.10 bits per heavy atom. The van der Waals surface area contributed by atoms with Crippen molar-refractivity contribution >= 4 is 5.91 Å². The average Bonchev–Trinajstić information content (AvgIpc) is 2.49. The summed E-state index contributed by atoms with van der Waals surface area (Å²) >= 11 is 0. The molecule has 0 saturated carbocycles. The van der Waals surface area contributed by atoms with E-state index in [0.29, 0.717) is 6.42 Å². The van der Waals surface area contributed by atoms with Gasteiger partial charge in [-0.2, -0.15) is 0 Å². The monoisotopic (exact) mass is 276 g/mol. The summed E-state index contributed by atoms with van der Waals surface area (Å²) in [7, 11) is 1.91. The molecule has 3 nitrogen and oxygen atoms in total. The fourth-order valence-electron chi connectivity index (χ4n) is 2.16. The van der Waals surface area contributed by atoms with Crippen LogP contribution in [0.5, 0.6) is 0 Å². The van der Waals surface area contributed by atoms with Gasteiger partial charge in [0, 0.05) is 33.1 Å². The highest BCUT2D eigenvalue weighted by molar-refractivity contribution is 5.76. The molecule has 1 rings (SSSR count). The third kappa shape index (κ3) is 6.20. The molecular weight excluding hydrogens is 248 g/mol. The number of unbranched alkanes of at least 4 members (excludes halogenated alkanes) is 1. The second-order valence-electron chi connectivity index (χ2n) is 5.27. The predicted molar refractivity (Wildman–Crippen MR) is 84.6 cm³/mol. The van der Waals surface area contributed by atoms with Crippen molar-refractivity contribution in [3.05, 3.63) is 35.9 Å². The summed E-state index contributed by atoms with van der Waals surface area (Å²) in [6.45, 7) is 7.90. The van der Waals surface area contributed by atoms with Crippen molar-refractivity contribution in [2.45, 2.75) is 39.7 Å². The standard InChI is InChI=1S/C17H28N2O/c1-4-6-13-18(3)17(20)12-14-19(5-2)15-16-10-8-7-9-11-16/h7-11H,4-6,12-15H2,1-3H3. The van der Waals surface area contributed by atoms with Crippen molar-refractivity contribution in [3.8, 4) is 0 Å². The minimum Gasteiger partial charge on any atom is -0.346 e. The van der Waals surface area contributed by atoms with Crippen LogP contribution in [-0.4, -0.2) is 42.4 Å². The van der Waals surface area contributed by atoms with E-state index in [0.717, 1.165) is 39.0 Å². The van der Waals surface area contributed by atoms with E-state index in [4.69, 9.17) is 0 Å². The van der Waals surface area contributed by atoms with E-state index in [2.05, 4.69) is 43.0 Å². The molecule has 1 aromatic rings. The van der Waals surface area contributed by atoms with Crippen molar-refractivity contribution in [1.82, 2.24) is 9.80 Å². The van der Waals surface area contributed by atoms with Gasteiger partial charge in [0.05, 0.1) is 0 Å². The Balaban J connectivity index is 2.35.